The summed E-state index contributed by atoms with van der Waals surface area (Å²) in [5, 5.41) is 10.7. The first-order valence-corrected chi connectivity index (χ1v) is 4.54. The summed E-state index contributed by atoms with van der Waals surface area (Å²) in [6.07, 6.45) is -4.23. The number of aliphatic carboxylic acids is 1. The van der Waals surface area contributed by atoms with Crippen LogP contribution in [0.5, 0.6) is 0 Å². The van der Waals surface area contributed by atoms with Crippen LogP contribution in [-0.4, -0.2) is 29.8 Å². The molecule has 0 aromatic heterocycles. The van der Waals surface area contributed by atoms with Crippen LogP contribution in [0.2, 0.25) is 0 Å². The van der Waals surface area contributed by atoms with Crippen LogP contribution in [0.1, 0.15) is 27.2 Å². The maximum absolute atomic E-state index is 11.9. The fraction of sp³-hybridized carbons (Fsp3) is 0.889. The quantitative estimate of drug-likeness (QED) is 0.772. The molecule has 0 aliphatic rings. The molecule has 15 heavy (non-hydrogen) atoms. The van der Waals surface area contributed by atoms with Crippen molar-refractivity contribution >= 4 is 5.97 Å². The molecule has 0 radical (unpaired) electrons. The van der Waals surface area contributed by atoms with E-state index in [9.17, 15) is 18.0 Å². The molecule has 0 amide bonds. The van der Waals surface area contributed by atoms with Gasteiger partial charge in [-0.15, -0.1) is 0 Å². The van der Waals surface area contributed by atoms with Crippen molar-refractivity contribution in [2.24, 2.45) is 5.41 Å². The minimum Gasteiger partial charge on any atom is -0.480 e. The van der Waals surface area contributed by atoms with E-state index in [0.717, 1.165) is 0 Å². The number of carboxylic acids is 1. The van der Waals surface area contributed by atoms with Crippen molar-refractivity contribution in [3.05, 3.63) is 0 Å². The minimum absolute atomic E-state index is 0.151. The number of hydrogen-bond acceptors (Lipinski definition) is 2. The van der Waals surface area contributed by atoms with Gasteiger partial charge in [0.2, 0.25) is 0 Å². The number of carboxylic acid groups (broad SMARTS) is 1. The molecule has 0 heterocycles. The summed E-state index contributed by atoms with van der Waals surface area (Å²) in [7, 11) is 0. The molecule has 0 aliphatic heterocycles. The SMILES string of the molecule is CC(C)(C)CC(NCC(F)(F)F)C(=O)O. The third-order valence-electron chi connectivity index (χ3n) is 1.66. The molecule has 1 unspecified atom stereocenters. The number of halogens is 3. The molecule has 0 aromatic rings. The Morgan fingerprint density at radius 2 is 1.80 bits per heavy atom. The monoisotopic (exact) mass is 227 g/mol. The molecular formula is C9H16F3NO2. The lowest BCUT2D eigenvalue weighted by molar-refractivity contribution is -0.144. The number of nitrogens with one attached hydrogen (secondary N) is 1. The average molecular weight is 227 g/mol. The molecule has 2 N–H and O–H groups in total. The Kier molecular flexibility index (Phi) is 4.58. The standard InChI is InChI=1S/C9H16F3NO2/c1-8(2,3)4-6(7(14)15)13-5-9(10,11)12/h6,13H,4-5H2,1-3H3,(H,14,15). The minimum atomic E-state index is -4.38. The normalized spacial score (nSPS) is 15.1. The van der Waals surface area contributed by atoms with Crippen molar-refractivity contribution in [3.8, 4) is 0 Å². The predicted molar refractivity (Wildman–Crippen MR) is 49.6 cm³/mol. The molecule has 3 nitrogen and oxygen atoms in total. The Bertz CT molecular complexity index is 220. The van der Waals surface area contributed by atoms with Crippen LogP contribution in [0, 0.1) is 5.41 Å². The Balaban J connectivity index is 4.25. The average Bonchev–Trinajstić information content (AvgIpc) is 1.93. The molecule has 0 bridgehead atoms. The molecule has 0 aromatic carbocycles. The maximum atomic E-state index is 11.9. The van der Waals surface area contributed by atoms with Gasteiger partial charge >= 0.3 is 12.1 Å². The number of carbonyl (C=O) groups is 1. The first-order chi connectivity index (χ1) is 6.51. The van der Waals surface area contributed by atoms with Gasteiger partial charge < -0.3 is 5.11 Å². The molecule has 0 fully saturated rings. The van der Waals surface area contributed by atoms with Gasteiger partial charge in [0.1, 0.15) is 6.04 Å². The second kappa shape index (κ2) is 4.83. The van der Waals surface area contributed by atoms with E-state index in [0.29, 0.717) is 0 Å². The van der Waals surface area contributed by atoms with Crippen molar-refractivity contribution in [2.45, 2.75) is 39.4 Å². The zero-order valence-electron chi connectivity index (χ0n) is 8.98. The van der Waals surface area contributed by atoms with E-state index in [1.54, 1.807) is 20.8 Å². The molecule has 0 saturated heterocycles. The van der Waals surface area contributed by atoms with Crippen molar-refractivity contribution in [2.75, 3.05) is 6.54 Å². The lowest BCUT2D eigenvalue weighted by atomic mass is 9.88. The summed E-state index contributed by atoms with van der Waals surface area (Å²) in [4.78, 5) is 10.7. The Hall–Kier alpha value is -0.780. The molecular weight excluding hydrogens is 211 g/mol. The van der Waals surface area contributed by atoms with Gasteiger partial charge in [-0.05, 0) is 11.8 Å². The van der Waals surface area contributed by atoms with Crippen LogP contribution >= 0.6 is 0 Å². The first kappa shape index (κ1) is 14.2. The molecule has 6 heteroatoms. The van der Waals surface area contributed by atoms with Crippen LogP contribution in [-0.2, 0) is 4.79 Å². The number of hydrogen-bond donors (Lipinski definition) is 2. The fourth-order valence-electron chi connectivity index (χ4n) is 1.10. The highest BCUT2D eigenvalue weighted by atomic mass is 19.4. The van der Waals surface area contributed by atoms with Crippen molar-refractivity contribution in [1.82, 2.24) is 5.32 Å². The van der Waals surface area contributed by atoms with Crippen LogP contribution in [0.25, 0.3) is 0 Å². The first-order valence-electron chi connectivity index (χ1n) is 4.54. The van der Waals surface area contributed by atoms with Crippen molar-refractivity contribution in [3.63, 3.8) is 0 Å². The molecule has 1 atom stereocenters. The maximum Gasteiger partial charge on any atom is 0.401 e. The molecule has 0 aliphatic carbocycles. The van der Waals surface area contributed by atoms with Crippen LogP contribution in [0.3, 0.4) is 0 Å². The van der Waals surface area contributed by atoms with Gasteiger partial charge in [-0.1, -0.05) is 20.8 Å². The smallest absolute Gasteiger partial charge is 0.401 e. The second-order valence-corrected chi connectivity index (χ2v) is 4.65. The van der Waals surface area contributed by atoms with E-state index in [-0.39, 0.29) is 11.8 Å². The Morgan fingerprint density at radius 3 is 2.07 bits per heavy atom. The third kappa shape index (κ3) is 8.23. The van der Waals surface area contributed by atoms with Gasteiger partial charge in [-0.2, -0.15) is 13.2 Å². The van der Waals surface area contributed by atoms with E-state index in [1.165, 1.54) is 0 Å². The topological polar surface area (TPSA) is 49.3 Å². The highest BCUT2D eigenvalue weighted by Crippen LogP contribution is 2.21. The van der Waals surface area contributed by atoms with Crippen LogP contribution in [0.15, 0.2) is 0 Å². The lowest BCUT2D eigenvalue weighted by Gasteiger charge is -2.24. The van der Waals surface area contributed by atoms with E-state index in [4.69, 9.17) is 5.11 Å². The van der Waals surface area contributed by atoms with Crippen LogP contribution in [0.4, 0.5) is 13.2 Å². The van der Waals surface area contributed by atoms with Gasteiger partial charge in [0.25, 0.3) is 0 Å². The summed E-state index contributed by atoms with van der Waals surface area (Å²) in [6.45, 7) is 4.05. The summed E-state index contributed by atoms with van der Waals surface area (Å²) in [5.74, 6) is -1.26. The zero-order chi connectivity index (χ0) is 12.3. The highest BCUT2D eigenvalue weighted by Gasteiger charge is 2.31. The largest absolute Gasteiger partial charge is 0.480 e. The summed E-state index contributed by atoms with van der Waals surface area (Å²) < 4.78 is 35.6. The molecule has 0 rings (SSSR count). The third-order valence-corrected chi connectivity index (χ3v) is 1.66. The Morgan fingerprint density at radius 1 is 1.33 bits per heavy atom. The van der Waals surface area contributed by atoms with Gasteiger partial charge in [0.05, 0.1) is 6.54 Å². The predicted octanol–water partition coefficient (Wildman–Crippen LogP) is 2.03. The molecule has 0 saturated carbocycles. The molecule has 90 valence electrons. The van der Waals surface area contributed by atoms with Gasteiger partial charge in [-0.3, -0.25) is 10.1 Å². The van der Waals surface area contributed by atoms with E-state index < -0.39 is 24.7 Å². The number of rotatable bonds is 4. The second-order valence-electron chi connectivity index (χ2n) is 4.65. The van der Waals surface area contributed by atoms with Crippen molar-refractivity contribution < 1.29 is 23.1 Å². The van der Waals surface area contributed by atoms with E-state index in [2.05, 4.69) is 0 Å². The van der Waals surface area contributed by atoms with E-state index >= 15 is 0 Å². The summed E-state index contributed by atoms with van der Waals surface area (Å²) in [6, 6.07) is -1.16. The number of alkyl halides is 3. The van der Waals surface area contributed by atoms with Gasteiger partial charge in [0.15, 0.2) is 0 Å². The van der Waals surface area contributed by atoms with Crippen molar-refractivity contribution in [1.29, 1.82) is 0 Å². The summed E-state index contributed by atoms with van der Waals surface area (Å²) in [5.41, 5.74) is -0.332. The van der Waals surface area contributed by atoms with E-state index in [1.807, 2.05) is 5.32 Å². The Labute approximate surface area is 86.7 Å². The molecule has 0 spiro atoms. The summed E-state index contributed by atoms with van der Waals surface area (Å²) >= 11 is 0. The lowest BCUT2D eigenvalue weighted by Crippen LogP contribution is -2.43. The zero-order valence-corrected chi connectivity index (χ0v) is 8.98. The van der Waals surface area contributed by atoms with Crippen LogP contribution < -0.4 is 5.32 Å². The van der Waals surface area contributed by atoms with Gasteiger partial charge in [-0.25, -0.2) is 0 Å². The van der Waals surface area contributed by atoms with Gasteiger partial charge in [0, 0.05) is 0 Å². The fourth-order valence-corrected chi connectivity index (χ4v) is 1.10. The highest BCUT2D eigenvalue weighted by molar-refractivity contribution is 5.73.